The summed E-state index contributed by atoms with van der Waals surface area (Å²) in [4.78, 5) is 4.25. The third kappa shape index (κ3) is 3.61. The molecule has 2 radical (unpaired) electrons. The maximum atomic E-state index is 2.22. The molecule has 0 unspecified atom stereocenters. The summed E-state index contributed by atoms with van der Waals surface area (Å²) in [5, 5.41) is 2.76. The van der Waals surface area contributed by atoms with Gasteiger partial charge in [-0.1, -0.05) is 34.6 Å². The minimum atomic E-state index is 0.720. The van der Waals surface area contributed by atoms with Crippen LogP contribution in [0.5, 0.6) is 0 Å². The summed E-state index contributed by atoms with van der Waals surface area (Å²) in [6.07, 6.45) is 0. The van der Waals surface area contributed by atoms with Gasteiger partial charge in [-0.3, -0.25) is 0 Å². The van der Waals surface area contributed by atoms with Crippen LogP contribution in [0, 0.1) is 0 Å². The molecule has 2 aromatic carbocycles. The number of rotatable bonds is 4. The molecule has 0 aromatic heterocycles. The third-order valence-electron chi connectivity index (χ3n) is 3.06. The molecule has 0 heterocycles. The Morgan fingerprint density at radius 2 is 0.895 bits per heavy atom. The maximum Gasteiger partial charge on any atom is 0.121 e. The second kappa shape index (κ2) is 5.93. The monoisotopic (exact) mass is 268 g/mol. The molecule has 0 bridgehead atoms. The summed E-state index contributed by atoms with van der Waals surface area (Å²) in [6.45, 7) is 0. The van der Waals surface area contributed by atoms with E-state index in [4.69, 9.17) is 0 Å². The number of benzene rings is 2. The van der Waals surface area contributed by atoms with Crippen LogP contribution in [0.4, 0.5) is 11.4 Å². The van der Waals surface area contributed by atoms with Crippen LogP contribution < -0.4 is 20.2 Å². The lowest BCUT2D eigenvalue weighted by Crippen LogP contribution is -2.27. The zero-order valence-corrected chi connectivity index (χ0v) is 13.0. The predicted molar refractivity (Wildman–Crippen MR) is 86.6 cm³/mol. The summed E-state index contributed by atoms with van der Waals surface area (Å²) >= 11 is 0. The fourth-order valence-electron chi connectivity index (χ4n) is 1.85. The molecule has 0 saturated heterocycles. The highest BCUT2D eigenvalue weighted by atomic mass is 28.2. The van der Waals surface area contributed by atoms with Crippen molar-refractivity contribution in [2.45, 2.75) is 0 Å². The Kier molecular flexibility index (Phi) is 4.27. The van der Waals surface area contributed by atoms with Crippen molar-refractivity contribution in [2.24, 2.45) is 0 Å². The van der Waals surface area contributed by atoms with Gasteiger partial charge in [0.05, 0.1) is 0 Å². The van der Waals surface area contributed by atoms with Crippen LogP contribution in [0.25, 0.3) is 0 Å². The summed E-state index contributed by atoms with van der Waals surface area (Å²) in [5.41, 5.74) is 2.49. The van der Waals surface area contributed by atoms with Gasteiger partial charge in [0, 0.05) is 39.6 Å². The Hall–Kier alpha value is -1.74. The van der Waals surface area contributed by atoms with Crippen molar-refractivity contribution in [1.82, 2.24) is 0 Å². The van der Waals surface area contributed by atoms with Gasteiger partial charge in [-0.25, -0.2) is 0 Å². The van der Waals surface area contributed by atoms with Crippen LogP contribution in [0.2, 0.25) is 0 Å². The lowest BCUT2D eigenvalue weighted by molar-refractivity contribution is 1.13. The quantitative estimate of drug-likeness (QED) is 0.775. The van der Waals surface area contributed by atoms with Crippen LogP contribution in [-0.4, -0.2) is 37.7 Å². The average Bonchev–Trinajstić information content (AvgIpc) is 2.40. The topological polar surface area (TPSA) is 6.48 Å². The van der Waals surface area contributed by atoms with Crippen molar-refractivity contribution in [1.29, 1.82) is 0 Å². The van der Waals surface area contributed by atoms with Crippen LogP contribution in [0.15, 0.2) is 48.5 Å². The van der Waals surface area contributed by atoms with Crippen molar-refractivity contribution in [3.05, 3.63) is 48.5 Å². The van der Waals surface area contributed by atoms with Crippen molar-refractivity contribution < 1.29 is 0 Å². The SMILES string of the molecule is CN(C)c1ccc([Si]c2ccc(N(C)C)cc2)cc1. The molecule has 2 aromatic rings. The molecule has 0 spiro atoms. The van der Waals surface area contributed by atoms with Crippen molar-refractivity contribution in [2.75, 3.05) is 38.0 Å². The average molecular weight is 268 g/mol. The minimum absolute atomic E-state index is 0.720. The maximum absolute atomic E-state index is 2.22. The molecule has 19 heavy (non-hydrogen) atoms. The molecule has 98 valence electrons. The Labute approximate surface area is 118 Å². The first-order chi connectivity index (χ1) is 9.06. The zero-order chi connectivity index (χ0) is 13.8. The highest BCUT2D eigenvalue weighted by Gasteiger charge is 2.01. The normalized spacial score (nSPS) is 10.3. The predicted octanol–water partition coefficient (Wildman–Crippen LogP) is 1.47. The van der Waals surface area contributed by atoms with Crippen LogP contribution >= 0.6 is 0 Å². The van der Waals surface area contributed by atoms with E-state index in [1.54, 1.807) is 0 Å². The largest absolute Gasteiger partial charge is 0.378 e. The first-order valence-corrected chi connectivity index (χ1v) is 7.38. The second-order valence-electron chi connectivity index (χ2n) is 5.01. The molecule has 0 aliphatic carbocycles. The van der Waals surface area contributed by atoms with E-state index in [-0.39, 0.29) is 0 Å². The molecule has 0 aliphatic heterocycles. The number of hydrogen-bond acceptors (Lipinski definition) is 2. The summed E-state index contributed by atoms with van der Waals surface area (Å²) in [7, 11) is 8.99. The lowest BCUT2D eigenvalue weighted by Gasteiger charge is -2.13. The van der Waals surface area contributed by atoms with E-state index in [1.165, 1.54) is 21.7 Å². The molecular formula is C16H20N2Si. The highest BCUT2D eigenvalue weighted by molar-refractivity contribution is 6.67. The van der Waals surface area contributed by atoms with E-state index in [0.717, 1.165) is 9.52 Å². The first kappa shape index (κ1) is 13.7. The summed E-state index contributed by atoms with van der Waals surface area (Å²) < 4.78 is 0. The fourth-order valence-corrected chi connectivity index (χ4v) is 2.85. The van der Waals surface area contributed by atoms with Gasteiger partial charge in [-0.15, -0.1) is 0 Å². The first-order valence-electron chi connectivity index (χ1n) is 6.38. The van der Waals surface area contributed by atoms with Crippen molar-refractivity contribution >= 4 is 31.3 Å². The molecule has 0 atom stereocenters. The summed E-state index contributed by atoms with van der Waals surface area (Å²) in [6, 6.07) is 17.6. The van der Waals surface area contributed by atoms with E-state index >= 15 is 0 Å². The van der Waals surface area contributed by atoms with Crippen molar-refractivity contribution in [3.63, 3.8) is 0 Å². The van der Waals surface area contributed by atoms with Gasteiger partial charge in [0.1, 0.15) is 9.52 Å². The van der Waals surface area contributed by atoms with Gasteiger partial charge in [0.25, 0.3) is 0 Å². The van der Waals surface area contributed by atoms with E-state index in [1.807, 2.05) is 0 Å². The van der Waals surface area contributed by atoms with Gasteiger partial charge in [0.15, 0.2) is 0 Å². The molecule has 3 heteroatoms. The molecule has 2 rings (SSSR count). The highest BCUT2D eigenvalue weighted by Crippen LogP contribution is 2.08. The summed E-state index contributed by atoms with van der Waals surface area (Å²) in [5.74, 6) is 0. The number of hydrogen-bond donors (Lipinski definition) is 0. The van der Waals surface area contributed by atoms with E-state index < -0.39 is 0 Å². The molecule has 2 nitrogen and oxygen atoms in total. The van der Waals surface area contributed by atoms with Crippen molar-refractivity contribution in [3.8, 4) is 0 Å². The van der Waals surface area contributed by atoms with E-state index in [2.05, 4.69) is 86.5 Å². The van der Waals surface area contributed by atoms with Gasteiger partial charge in [0.2, 0.25) is 0 Å². The smallest absolute Gasteiger partial charge is 0.121 e. The molecule has 0 fully saturated rings. The molecule has 0 saturated carbocycles. The third-order valence-corrected chi connectivity index (χ3v) is 4.30. The van der Waals surface area contributed by atoms with Gasteiger partial charge < -0.3 is 9.80 Å². The van der Waals surface area contributed by atoms with Gasteiger partial charge in [-0.2, -0.15) is 0 Å². The number of anilines is 2. The Balaban J connectivity index is 2.08. The van der Waals surface area contributed by atoms with E-state index in [9.17, 15) is 0 Å². The fraction of sp³-hybridized carbons (Fsp3) is 0.250. The van der Waals surface area contributed by atoms with Crippen LogP contribution in [0.1, 0.15) is 0 Å². The molecule has 0 aliphatic rings. The Morgan fingerprint density at radius 3 is 1.16 bits per heavy atom. The Bertz CT molecular complexity index is 466. The molecule has 0 N–H and O–H groups in total. The Morgan fingerprint density at radius 1 is 0.579 bits per heavy atom. The molecule has 0 amide bonds. The molecular weight excluding hydrogens is 248 g/mol. The standard InChI is InChI=1S/C16H20N2Si/c1-17(2)13-5-9-15(10-6-13)19-16-11-7-14(8-12-16)18(3)4/h5-12H,1-4H3. The van der Waals surface area contributed by atoms with E-state index in [0.29, 0.717) is 0 Å². The van der Waals surface area contributed by atoms with Crippen LogP contribution in [0.3, 0.4) is 0 Å². The van der Waals surface area contributed by atoms with Gasteiger partial charge >= 0.3 is 0 Å². The number of nitrogens with zero attached hydrogens (tertiary/aromatic N) is 2. The lowest BCUT2D eigenvalue weighted by atomic mass is 10.3. The zero-order valence-electron chi connectivity index (χ0n) is 12.0. The van der Waals surface area contributed by atoms with Crippen LogP contribution in [-0.2, 0) is 0 Å². The van der Waals surface area contributed by atoms with Gasteiger partial charge in [-0.05, 0) is 24.3 Å². The second-order valence-corrected chi connectivity index (χ2v) is 6.41. The minimum Gasteiger partial charge on any atom is -0.378 e.